The number of nitrogens with zero attached hydrogens (tertiary/aromatic N) is 4. The number of benzene rings is 2. The van der Waals surface area contributed by atoms with Crippen LogP contribution >= 0.6 is 0 Å². The van der Waals surface area contributed by atoms with E-state index in [0.717, 1.165) is 41.9 Å². The van der Waals surface area contributed by atoms with E-state index in [-0.39, 0.29) is 11.5 Å². The fourth-order valence-corrected chi connectivity index (χ4v) is 4.86. The number of amides is 1. The second kappa shape index (κ2) is 9.27. The van der Waals surface area contributed by atoms with E-state index in [1.165, 1.54) is 16.3 Å². The van der Waals surface area contributed by atoms with Crippen LogP contribution in [0.25, 0.3) is 5.65 Å². The molecule has 2 aromatic carbocycles. The number of hydrogen-bond acceptors (Lipinski definition) is 4. The van der Waals surface area contributed by atoms with Crippen LogP contribution in [0.3, 0.4) is 0 Å². The Kier molecular flexibility index (Phi) is 6.02. The lowest BCUT2D eigenvalue weighted by molar-refractivity contribution is 0.0952. The van der Waals surface area contributed by atoms with Crippen LogP contribution < -0.4 is 10.9 Å². The van der Waals surface area contributed by atoms with Crippen molar-refractivity contribution in [2.45, 2.75) is 46.4 Å². The maximum atomic E-state index is 13.4. The Labute approximate surface area is 198 Å². The van der Waals surface area contributed by atoms with E-state index >= 15 is 0 Å². The molecule has 0 aliphatic carbocycles. The van der Waals surface area contributed by atoms with E-state index in [1.807, 2.05) is 56.3 Å². The molecule has 0 bridgehead atoms. The molecule has 0 radical (unpaired) electrons. The maximum Gasteiger partial charge on any atom is 0.279 e. The minimum absolute atomic E-state index is 0.134. The van der Waals surface area contributed by atoms with Crippen molar-refractivity contribution in [3.63, 3.8) is 0 Å². The summed E-state index contributed by atoms with van der Waals surface area (Å²) in [6.07, 6.45) is 2.28. The number of aryl methyl sites for hydroxylation is 2. The molecule has 174 valence electrons. The fraction of sp³-hybridized carbons (Fsp3) is 0.296. The van der Waals surface area contributed by atoms with Gasteiger partial charge in [0.25, 0.3) is 11.5 Å². The molecule has 0 unspecified atom stereocenters. The van der Waals surface area contributed by atoms with E-state index < -0.39 is 0 Å². The molecular formula is C27H29N5O2. The van der Waals surface area contributed by atoms with Crippen LogP contribution in [0.5, 0.6) is 0 Å². The highest BCUT2D eigenvalue weighted by atomic mass is 16.2. The summed E-state index contributed by atoms with van der Waals surface area (Å²) in [6.45, 7) is 7.40. The monoisotopic (exact) mass is 455 g/mol. The molecule has 0 saturated carbocycles. The molecule has 0 saturated heterocycles. The summed E-state index contributed by atoms with van der Waals surface area (Å²) in [5.74, 6) is -0.221. The zero-order valence-corrected chi connectivity index (χ0v) is 19.6. The number of carbonyl (C=O) groups is 1. The number of carbonyl (C=O) groups excluding carboxylic acids is 1. The molecule has 0 fully saturated rings. The van der Waals surface area contributed by atoms with Gasteiger partial charge in [-0.1, -0.05) is 54.6 Å². The fourth-order valence-electron chi connectivity index (χ4n) is 4.86. The van der Waals surface area contributed by atoms with Crippen molar-refractivity contribution in [1.29, 1.82) is 0 Å². The molecule has 7 nitrogen and oxygen atoms in total. The van der Waals surface area contributed by atoms with Gasteiger partial charge in [0.05, 0.1) is 11.8 Å². The van der Waals surface area contributed by atoms with Crippen LogP contribution in [0.2, 0.25) is 0 Å². The van der Waals surface area contributed by atoms with Crippen LogP contribution in [0.15, 0.2) is 65.6 Å². The topological polar surface area (TPSA) is 71.6 Å². The first kappa shape index (κ1) is 22.1. The summed E-state index contributed by atoms with van der Waals surface area (Å²) in [5.41, 5.74) is 6.08. The molecule has 34 heavy (non-hydrogen) atoms. The maximum absolute atomic E-state index is 13.4. The van der Waals surface area contributed by atoms with E-state index in [2.05, 4.69) is 32.0 Å². The number of aromatic nitrogens is 3. The second-order valence-electron chi connectivity index (χ2n) is 8.82. The van der Waals surface area contributed by atoms with E-state index in [0.29, 0.717) is 30.8 Å². The van der Waals surface area contributed by atoms with Gasteiger partial charge >= 0.3 is 0 Å². The Bertz CT molecular complexity index is 1400. The van der Waals surface area contributed by atoms with Gasteiger partial charge in [-0.15, -0.1) is 0 Å². The summed E-state index contributed by atoms with van der Waals surface area (Å²) in [6, 6.07) is 18.3. The standard InChI is InChI=1S/C27H29N5O2/c1-3-31-24-13-14-30(17-20-10-5-4-6-11-20)18-23(24)27(34)32-26(31)22(16-29-32)25(33)28-15-21-12-8-7-9-19(21)2/h4-12,16H,3,13-15,17-18H2,1-2H3,(H,28,33). The summed E-state index contributed by atoms with van der Waals surface area (Å²) in [4.78, 5) is 28.8. The molecule has 0 spiro atoms. The molecule has 1 aliphatic heterocycles. The Morgan fingerprint density at radius 3 is 2.62 bits per heavy atom. The third-order valence-corrected chi connectivity index (χ3v) is 6.68. The highest BCUT2D eigenvalue weighted by Crippen LogP contribution is 2.22. The average molecular weight is 456 g/mol. The van der Waals surface area contributed by atoms with Gasteiger partial charge in [0.1, 0.15) is 5.56 Å². The second-order valence-corrected chi connectivity index (χ2v) is 8.82. The SMILES string of the molecule is CCn1c2c(c(=O)n3ncc(C(=O)NCc4ccccc4C)c13)CN(Cc1ccccc1)CC2. The van der Waals surface area contributed by atoms with Gasteiger partial charge in [0.15, 0.2) is 5.65 Å². The molecular weight excluding hydrogens is 426 g/mol. The number of rotatable bonds is 6. The summed E-state index contributed by atoms with van der Waals surface area (Å²) in [5, 5.41) is 7.35. The first-order chi connectivity index (χ1) is 16.6. The Hall–Kier alpha value is -3.71. The van der Waals surface area contributed by atoms with Crippen LogP contribution in [0, 0.1) is 6.92 Å². The van der Waals surface area contributed by atoms with Crippen LogP contribution in [-0.2, 0) is 32.6 Å². The minimum Gasteiger partial charge on any atom is -0.348 e. The van der Waals surface area contributed by atoms with Gasteiger partial charge in [-0.05, 0) is 30.5 Å². The van der Waals surface area contributed by atoms with Gasteiger partial charge in [-0.2, -0.15) is 9.61 Å². The lowest BCUT2D eigenvalue weighted by atomic mass is 10.0. The molecule has 1 aliphatic rings. The third kappa shape index (κ3) is 4.03. The largest absolute Gasteiger partial charge is 0.348 e. The lowest BCUT2D eigenvalue weighted by Crippen LogP contribution is -2.38. The smallest absolute Gasteiger partial charge is 0.279 e. The molecule has 0 atom stereocenters. The van der Waals surface area contributed by atoms with Crippen molar-refractivity contribution in [2.24, 2.45) is 0 Å². The van der Waals surface area contributed by atoms with Crippen molar-refractivity contribution in [2.75, 3.05) is 6.54 Å². The van der Waals surface area contributed by atoms with Gasteiger partial charge in [-0.3, -0.25) is 14.5 Å². The van der Waals surface area contributed by atoms with Crippen molar-refractivity contribution in [1.82, 2.24) is 24.4 Å². The van der Waals surface area contributed by atoms with Crippen LogP contribution in [0.1, 0.15) is 45.2 Å². The van der Waals surface area contributed by atoms with E-state index in [1.54, 1.807) is 0 Å². The molecule has 1 N–H and O–H groups in total. The van der Waals surface area contributed by atoms with Crippen LogP contribution in [-0.4, -0.2) is 31.5 Å². The lowest BCUT2D eigenvalue weighted by Gasteiger charge is -2.30. The van der Waals surface area contributed by atoms with Crippen LogP contribution in [0.4, 0.5) is 0 Å². The van der Waals surface area contributed by atoms with E-state index in [9.17, 15) is 9.59 Å². The van der Waals surface area contributed by atoms with Crippen molar-refractivity contribution >= 4 is 11.6 Å². The molecule has 2 aromatic heterocycles. The predicted octanol–water partition coefficient (Wildman–Crippen LogP) is 3.31. The molecule has 4 aromatic rings. The van der Waals surface area contributed by atoms with Gasteiger partial charge in [0.2, 0.25) is 0 Å². The molecule has 5 rings (SSSR count). The summed E-state index contributed by atoms with van der Waals surface area (Å²) in [7, 11) is 0. The summed E-state index contributed by atoms with van der Waals surface area (Å²) < 4.78 is 3.49. The Morgan fingerprint density at radius 1 is 1.09 bits per heavy atom. The first-order valence-corrected chi connectivity index (χ1v) is 11.8. The van der Waals surface area contributed by atoms with Crippen molar-refractivity contribution < 1.29 is 4.79 Å². The molecule has 1 amide bonds. The number of hydrogen-bond donors (Lipinski definition) is 1. The van der Waals surface area contributed by atoms with E-state index in [4.69, 9.17) is 0 Å². The highest BCUT2D eigenvalue weighted by Gasteiger charge is 2.27. The molecule has 3 heterocycles. The predicted molar refractivity (Wildman–Crippen MR) is 132 cm³/mol. The van der Waals surface area contributed by atoms with Crippen molar-refractivity contribution in [3.8, 4) is 0 Å². The third-order valence-electron chi connectivity index (χ3n) is 6.68. The zero-order valence-electron chi connectivity index (χ0n) is 19.6. The normalized spacial score (nSPS) is 13.7. The zero-order chi connectivity index (χ0) is 23.7. The molecule has 7 heteroatoms. The van der Waals surface area contributed by atoms with Gasteiger partial charge in [0, 0.05) is 44.8 Å². The van der Waals surface area contributed by atoms with Gasteiger partial charge < -0.3 is 9.88 Å². The Balaban J connectivity index is 1.46. The van der Waals surface area contributed by atoms with Gasteiger partial charge in [-0.25, -0.2) is 0 Å². The minimum atomic E-state index is -0.221. The number of fused-ring (bicyclic) bond motifs is 2. The van der Waals surface area contributed by atoms with Crippen molar-refractivity contribution in [3.05, 3.63) is 105 Å². The average Bonchev–Trinajstić information content (AvgIpc) is 3.30. The highest BCUT2D eigenvalue weighted by molar-refractivity contribution is 5.99. The summed E-state index contributed by atoms with van der Waals surface area (Å²) >= 11 is 0. The number of nitrogens with one attached hydrogen (secondary N) is 1. The first-order valence-electron chi connectivity index (χ1n) is 11.8. The quantitative estimate of drug-likeness (QED) is 0.484. The Morgan fingerprint density at radius 2 is 1.85 bits per heavy atom.